The van der Waals surface area contributed by atoms with Gasteiger partial charge in [-0.25, -0.2) is 8.42 Å². The van der Waals surface area contributed by atoms with E-state index in [1.165, 1.54) is 17.0 Å². The Bertz CT molecular complexity index is 1770. The van der Waals surface area contributed by atoms with E-state index in [0.29, 0.717) is 22.7 Å². The van der Waals surface area contributed by atoms with Crippen LogP contribution in [0.2, 0.25) is 5.02 Å². The number of carbonyl (C=O) groups excluding carboxylic acids is 2. The molecular formula is C36H39BrClN3O4S. The van der Waals surface area contributed by atoms with E-state index in [1.54, 1.807) is 37.3 Å². The van der Waals surface area contributed by atoms with Crippen molar-refractivity contribution in [2.24, 2.45) is 0 Å². The highest BCUT2D eigenvalue weighted by Crippen LogP contribution is 2.30. The molecule has 2 amide bonds. The van der Waals surface area contributed by atoms with Gasteiger partial charge in [-0.2, -0.15) is 0 Å². The first kappa shape index (κ1) is 35.2. The van der Waals surface area contributed by atoms with Crippen molar-refractivity contribution in [1.82, 2.24) is 10.2 Å². The van der Waals surface area contributed by atoms with Gasteiger partial charge in [0.05, 0.1) is 10.6 Å². The number of hydrogen-bond donors (Lipinski definition) is 1. The number of nitrogens with one attached hydrogen (secondary N) is 1. The second-order valence-corrected chi connectivity index (χ2v) is 14.6. The molecule has 0 aliphatic heterocycles. The Morgan fingerprint density at radius 3 is 2.20 bits per heavy atom. The highest BCUT2D eigenvalue weighted by Gasteiger charge is 2.35. The summed E-state index contributed by atoms with van der Waals surface area (Å²) in [6.07, 6.45) is 0.954. The maximum atomic E-state index is 14.6. The van der Waals surface area contributed by atoms with E-state index in [-0.39, 0.29) is 29.8 Å². The summed E-state index contributed by atoms with van der Waals surface area (Å²) in [4.78, 5) is 30.1. The SMILES string of the molecule is CC[C@H](C)NC(=O)[C@@H](Cc1ccccc1)N(Cc1cccc(Br)c1)C(=O)CN(c1ccc(Cl)cc1C)S(=O)(=O)c1ccc(C)cc1. The van der Waals surface area contributed by atoms with Gasteiger partial charge >= 0.3 is 0 Å². The second kappa shape index (κ2) is 15.8. The highest BCUT2D eigenvalue weighted by molar-refractivity contribution is 9.10. The molecule has 0 unspecified atom stereocenters. The maximum Gasteiger partial charge on any atom is 0.264 e. The van der Waals surface area contributed by atoms with Crippen molar-refractivity contribution in [3.05, 3.63) is 129 Å². The summed E-state index contributed by atoms with van der Waals surface area (Å²) in [6, 6.07) is 27.3. The lowest BCUT2D eigenvalue weighted by Crippen LogP contribution is -2.54. The third-order valence-electron chi connectivity index (χ3n) is 7.83. The van der Waals surface area contributed by atoms with Crippen molar-refractivity contribution in [3.63, 3.8) is 0 Å². The van der Waals surface area contributed by atoms with E-state index in [0.717, 1.165) is 25.5 Å². The minimum Gasteiger partial charge on any atom is -0.352 e. The van der Waals surface area contributed by atoms with Gasteiger partial charge in [0.2, 0.25) is 11.8 Å². The van der Waals surface area contributed by atoms with E-state index in [4.69, 9.17) is 11.6 Å². The predicted molar refractivity (Wildman–Crippen MR) is 188 cm³/mol. The van der Waals surface area contributed by atoms with Crippen LogP contribution in [-0.4, -0.2) is 43.8 Å². The van der Waals surface area contributed by atoms with Crippen LogP contribution in [0.15, 0.2) is 106 Å². The molecule has 0 aliphatic carbocycles. The van der Waals surface area contributed by atoms with Crippen LogP contribution >= 0.6 is 27.5 Å². The smallest absolute Gasteiger partial charge is 0.264 e. The second-order valence-electron chi connectivity index (χ2n) is 11.4. The van der Waals surface area contributed by atoms with Crippen LogP contribution in [0.4, 0.5) is 5.69 Å². The summed E-state index contributed by atoms with van der Waals surface area (Å²) in [5, 5.41) is 3.50. The van der Waals surface area contributed by atoms with Crippen LogP contribution in [0.5, 0.6) is 0 Å². The molecule has 0 heterocycles. The minimum absolute atomic E-state index is 0.0501. The molecule has 4 aromatic rings. The van der Waals surface area contributed by atoms with Crippen molar-refractivity contribution in [2.45, 2.75) is 64.1 Å². The lowest BCUT2D eigenvalue weighted by atomic mass is 10.0. The van der Waals surface area contributed by atoms with E-state index in [1.807, 2.05) is 75.4 Å². The number of carbonyl (C=O) groups is 2. The zero-order valence-electron chi connectivity index (χ0n) is 26.4. The zero-order chi connectivity index (χ0) is 33.4. The van der Waals surface area contributed by atoms with Crippen LogP contribution in [0, 0.1) is 13.8 Å². The van der Waals surface area contributed by atoms with Crippen LogP contribution < -0.4 is 9.62 Å². The summed E-state index contributed by atoms with van der Waals surface area (Å²) < 4.78 is 30.5. The average molecular weight is 725 g/mol. The molecule has 10 heteroatoms. The summed E-state index contributed by atoms with van der Waals surface area (Å²) in [7, 11) is -4.21. The first-order chi connectivity index (χ1) is 21.9. The molecule has 46 heavy (non-hydrogen) atoms. The van der Waals surface area contributed by atoms with Gasteiger partial charge in [-0.3, -0.25) is 13.9 Å². The molecular weight excluding hydrogens is 686 g/mol. The van der Waals surface area contributed by atoms with Gasteiger partial charge in [0.1, 0.15) is 12.6 Å². The lowest BCUT2D eigenvalue weighted by molar-refractivity contribution is -0.140. The van der Waals surface area contributed by atoms with Gasteiger partial charge < -0.3 is 10.2 Å². The maximum absolute atomic E-state index is 14.6. The van der Waals surface area contributed by atoms with Crippen molar-refractivity contribution >= 4 is 55.1 Å². The number of anilines is 1. The van der Waals surface area contributed by atoms with Gasteiger partial charge in [-0.1, -0.05) is 94.6 Å². The molecule has 0 aliphatic rings. The fourth-order valence-corrected chi connectivity index (χ4v) is 7.23. The molecule has 0 spiro atoms. The number of nitrogens with zero attached hydrogens (tertiary/aromatic N) is 2. The van der Waals surface area contributed by atoms with Gasteiger partial charge in [0, 0.05) is 28.5 Å². The fourth-order valence-electron chi connectivity index (χ4n) is 5.08. The van der Waals surface area contributed by atoms with Crippen molar-refractivity contribution in [3.8, 4) is 0 Å². The lowest BCUT2D eigenvalue weighted by Gasteiger charge is -2.34. The zero-order valence-corrected chi connectivity index (χ0v) is 29.6. The van der Waals surface area contributed by atoms with Crippen molar-refractivity contribution in [2.75, 3.05) is 10.8 Å². The summed E-state index contributed by atoms with van der Waals surface area (Å²) in [6.45, 7) is 7.07. The van der Waals surface area contributed by atoms with Gasteiger partial charge in [-0.05, 0) is 86.3 Å². The Morgan fingerprint density at radius 1 is 0.891 bits per heavy atom. The van der Waals surface area contributed by atoms with Gasteiger partial charge in [-0.15, -0.1) is 0 Å². The number of halogens is 2. The molecule has 0 bridgehead atoms. The molecule has 0 saturated heterocycles. The van der Waals surface area contributed by atoms with Crippen molar-refractivity contribution in [1.29, 1.82) is 0 Å². The Hall–Kier alpha value is -3.66. The van der Waals surface area contributed by atoms with E-state index in [2.05, 4.69) is 21.2 Å². The quantitative estimate of drug-likeness (QED) is 0.155. The number of aryl methyl sites for hydroxylation is 2. The van der Waals surface area contributed by atoms with E-state index >= 15 is 0 Å². The normalized spacial score (nSPS) is 12.7. The van der Waals surface area contributed by atoms with Crippen LogP contribution in [0.3, 0.4) is 0 Å². The summed E-state index contributed by atoms with van der Waals surface area (Å²) in [5.41, 5.74) is 3.47. The molecule has 242 valence electrons. The van der Waals surface area contributed by atoms with Crippen LogP contribution in [-0.2, 0) is 32.6 Å². The first-order valence-electron chi connectivity index (χ1n) is 15.1. The Balaban J connectivity index is 1.83. The van der Waals surface area contributed by atoms with E-state index in [9.17, 15) is 18.0 Å². The number of sulfonamides is 1. The Labute approximate surface area is 285 Å². The molecule has 4 rings (SSSR count). The molecule has 7 nitrogen and oxygen atoms in total. The van der Waals surface area contributed by atoms with Crippen molar-refractivity contribution < 1.29 is 18.0 Å². The van der Waals surface area contributed by atoms with Gasteiger partial charge in [0.25, 0.3) is 10.0 Å². The van der Waals surface area contributed by atoms with Crippen LogP contribution in [0.25, 0.3) is 0 Å². The predicted octanol–water partition coefficient (Wildman–Crippen LogP) is 7.47. The largest absolute Gasteiger partial charge is 0.352 e. The Morgan fingerprint density at radius 2 is 1.57 bits per heavy atom. The molecule has 0 fully saturated rings. The molecule has 0 aromatic heterocycles. The summed E-state index contributed by atoms with van der Waals surface area (Å²) >= 11 is 9.76. The molecule has 0 radical (unpaired) electrons. The third kappa shape index (κ3) is 8.99. The Kier molecular flexibility index (Phi) is 12.1. The summed E-state index contributed by atoms with van der Waals surface area (Å²) in [5.74, 6) is -0.831. The molecule has 2 atom stereocenters. The topological polar surface area (TPSA) is 86.8 Å². The van der Waals surface area contributed by atoms with Gasteiger partial charge in [0.15, 0.2) is 0 Å². The number of rotatable bonds is 13. The molecule has 1 N–H and O–H groups in total. The highest BCUT2D eigenvalue weighted by atomic mass is 79.9. The molecule has 4 aromatic carbocycles. The number of benzene rings is 4. The third-order valence-corrected chi connectivity index (χ3v) is 10.3. The fraction of sp³-hybridized carbons (Fsp3) is 0.278. The standard InChI is InChI=1S/C36H39BrClN3O4S/c1-5-27(4)39-36(43)34(22-28-10-7-6-8-11-28)40(23-29-12-9-13-30(37)21-29)35(42)24-41(33-19-16-31(38)20-26(33)3)46(44,45)32-17-14-25(2)15-18-32/h6-21,27,34H,5,22-24H2,1-4H3,(H,39,43)/t27-,34+/m0/s1. The van der Waals surface area contributed by atoms with E-state index < -0.39 is 28.5 Å². The van der Waals surface area contributed by atoms with Crippen LogP contribution in [0.1, 0.15) is 42.5 Å². The average Bonchev–Trinajstić information content (AvgIpc) is 3.02. The number of amides is 2. The molecule has 0 saturated carbocycles. The minimum atomic E-state index is -4.21. The monoisotopic (exact) mass is 723 g/mol. The first-order valence-corrected chi connectivity index (χ1v) is 17.7. The number of hydrogen-bond acceptors (Lipinski definition) is 4.